The van der Waals surface area contributed by atoms with Crippen LogP contribution in [0.15, 0.2) is 96.2 Å². The van der Waals surface area contributed by atoms with Crippen LogP contribution in [0.3, 0.4) is 0 Å². The molecule has 2 rings (SSSR count). The third-order valence-electron chi connectivity index (χ3n) is 6.95. The number of cyclic esters (lactones) is 1. The predicted octanol–water partition coefficient (Wildman–Crippen LogP) is 6.02. The molecule has 1 aromatic carbocycles. The maximum atomic E-state index is 12.9. The lowest BCUT2D eigenvalue weighted by atomic mass is 9.88. The second-order valence-electron chi connectivity index (χ2n) is 10.4. The van der Waals surface area contributed by atoms with Crippen LogP contribution in [-0.4, -0.2) is 44.7 Å². The van der Waals surface area contributed by atoms with E-state index in [9.17, 15) is 25.2 Å². The van der Waals surface area contributed by atoms with E-state index < -0.39 is 36.3 Å². The summed E-state index contributed by atoms with van der Waals surface area (Å²) in [6, 6.07) is 6.36. The van der Waals surface area contributed by atoms with Crippen molar-refractivity contribution in [2.75, 3.05) is 0 Å². The smallest absolute Gasteiger partial charge is 0.333 e. The summed E-state index contributed by atoms with van der Waals surface area (Å²) >= 11 is 0. The first-order chi connectivity index (χ1) is 18.6. The van der Waals surface area contributed by atoms with Gasteiger partial charge in [-0.15, -0.1) is 0 Å². The highest BCUT2D eigenvalue weighted by Gasteiger charge is 2.31. The van der Waals surface area contributed by atoms with Crippen LogP contribution < -0.4 is 0 Å². The Bertz CT molecular complexity index is 1090. The molecule has 0 fully saturated rings. The maximum Gasteiger partial charge on any atom is 0.333 e. The summed E-state index contributed by atoms with van der Waals surface area (Å²) in [4.78, 5) is 12.9. The number of hydrogen-bond donors (Lipinski definition) is 4. The van der Waals surface area contributed by atoms with Gasteiger partial charge in [0.1, 0.15) is 11.9 Å². The van der Waals surface area contributed by atoms with Crippen molar-refractivity contribution < 1.29 is 30.0 Å². The molecule has 0 aromatic heterocycles. The molecule has 6 nitrogen and oxygen atoms in total. The Balaban J connectivity index is 2.28. The van der Waals surface area contributed by atoms with E-state index in [0.717, 1.165) is 12.0 Å². The van der Waals surface area contributed by atoms with Crippen molar-refractivity contribution >= 4 is 5.97 Å². The van der Waals surface area contributed by atoms with Crippen molar-refractivity contribution in [1.82, 2.24) is 0 Å². The average molecular weight is 537 g/mol. The molecule has 0 aliphatic carbocycles. The van der Waals surface area contributed by atoms with Gasteiger partial charge in [-0.05, 0) is 62.3 Å². The van der Waals surface area contributed by atoms with Crippen LogP contribution in [0.2, 0.25) is 0 Å². The molecule has 212 valence electrons. The van der Waals surface area contributed by atoms with Crippen LogP contribution in [0.1, 0.15) is 65.0 Å². The number of esters is 1. The topological polar surface area (TPSA) is 107 Å². The van der Waals surface area contributed by atoms with E-state index in [1.165, 1.54) is 12.1 Å². The van der Waals surface area contributed by atoms with Crippen molar-refractivity contribution in [3.63, 3.8) is 0 Å². The predicted molar refractivity (Wildman–Crippen MR) is 156 cm³/mol. The monoisotopic (exact) mass is 536 g/mol. The Morgan fingerprint density at radius 2 is 1.69 bits per heavy atom. The Morgan fingerprint density at radius 3 is 2.44 bits per heavy atom. The standard InChI is InChI=1S/C33H44O6/c1-23-13-11-15-24(2)30(36)18-10-8-6-5-7-9-14-25(3)33(38)39-31(22-29(35)20-19-23)26(4)32(37)27-16-12-17-28(34)21-27/h5-17,21,23,26,29-32,34-37H,18-20,22H2,1-4H3/t23-,26-,29-,30-,31-,32+/m0/s1. The van der Waals surface area contributed by atoms with Gasteiger partial charge in [0.15, 0.2) is 0 Å². The fourth-order valence-corrected chi connectivity index (χ4v) is 4.19. The molecule has 1 heterocycles. The fraction of sp³-hybridized carbons (Fsp3) is 0.424. The van der Waals surface area contributed by atoms with Gasteiger partial charge in [-0.25, -0.2) is 4.79 Å². The van der Waals surface area contributed by atoms with E-state index in [4.69, 9.17) is 4.74 Å². The largest absolute Gasteiger partial charge is 0.508 e. The summed E-state index contributed by atoms with van der Waals surface area (Å²) in [7, 11) is 0. The van der Waals surface area contributed by atoms with Gasteiger partial charge in [-0.3, -0.25) is 0 Å². The van der Waals surface area contributed by atoms with Crippen molar-refractivity contribution in [3.8, 4) is 5.75 Å². The summed E-state index contributed by atoms with van der Waals surface area (Å²) in [6.45, 7) is 7.39. The van der Waals surface area contributed by atoms with Gasteiger partial charge in [0.05, 0.1) is 18.3 Å². The lowest BCUT2D eigenvalue weighted by Gasteiger charge is -2.30. The van der Waals surface area contributed by atoms with Crippen LogP contribution in [0.25, 0.3) is 0 Å². The SMILES string of the molecule is CC1=CC=CC=CC=CC[C@H](O)C(C)=CC=C[C@H](C)CC[C@H](O)C[C@@H]([C@H](C)[C@@H](O)c2cccc(O)c2)OC1=O. The molecule has 0 unspecified atom stereocenters. The lowest BCUT2D eigenvalue weighted by molar-refractivity contribution is -0.151. The molecular weight excluding hydrogens is 492 g/mol. The number of ether oxygens (including phenoxy) is 1. The van der Waals surface area contributed by atoms with Gasteiger partial charge < -0.3 is 25.2 Å². The Kier molecular flexibility index (Phi) is 13.7. The second kappa shape index (κ2) is 16.7. The fourth-order valence-electron chi connectivity index (χ4n) is 4.19. The van der Waals surface area contributed by atoms with Crippen molar-refractivity contribution in [2.45, 2.75) is 77.8 Å². The molecule has 1 aromatic rings. The normalized spacial score (nSPS) is 26.0. The number of phenolic OH excluding ortho intramolecular Hbond substituents is 1. The number of allylic oxidation sites excluding steroid dienone is 9. The minimum Gasteiger partial charge on any atom is -0.508 e. The van der Waals surface area contributed by atoms with E-state index in [2.05, 4.69) is 6.92 Å². The van der Waals surface area contributed by atoms with Crippen molar-refractivity contribution in [3.05, 3.63) is 102 Å². The van der Waals surface area contributed by atoms with Crippen LogP contribution in [0.4, 0.5) is 0 Å². The van der Waals surface area contributed by atoms with E-state index >= 15 is 0 Å². The zero-order chi connectivity index (χ0) is 28.8. The Labute approximate surface area is 233 Å². The van der Waals surface area contributed by atoms with Crippen LogP contribution >= 0.6 is 0 Å². The quantitative estimate of drug-likeness (QED) is 0.352. The molecule has 6 atom stereocenters. The number of aliphatic hydroxyl groups excluding tert-OH is 3. The summed E-state index contributed by atoms with van der Waals surface area (Å²) < 4.78 is 5.83. The summed E-state index contributed by atoms with van der Waals surface area (Å²) in [5, 5.41) is 42.1. The number of rotatable bonds is 3. The number of benzene rings is 1. The lowest BCUT2D eigenvalue weighted by Crippen LogP contribution is -2.33. The number of hydrogen-bond acceptors (Lipinski definition) is 6. The van der Waals surface area contributed by atoms with E-state index in [1.54, 1.807) is 44.2 Å². The average Bonchev–Trinajstić information content (AvgIpc) is 2.91. The number of aromatic hydroxyl groups is 1. The number of aliphatic hydroxyl groups is 3. The molecule has 0 amide bonds. The third kappa shape index (κ3) is 11.6. The van der Waals surface area contributed by atoms with Gasteiger partial charge in [-0.2, -0.15) is 0 Å². The van der Waals surface area contributed by atoms with Gasteiger partial charge in [0.2, 0.25) is 0 Å². The third-order valence-corrected chi connectivity index (χ3v) is 6.95. The van der Waals surface area contributed by atoms with E-state index in [1.807, 2.05) is 49.5 Å². The van der Waals surface area contributed by atoms with Gasteiger partial charge in [0, 0.05) is 17.9 Å². The molecule has 4 N–H and O–H groups in total. The van der Waals surface area contributed by atoms with Crippen molar-refractivity contribution in [2.24, 2.45) is 11.8 Å². The minimum atomic E-state index is -1.00. The highest BCUT2D eigenvalue weighted by Crippen LogP contribution is 2.31. The summed E-state index contributed by atoms with van der Waals surface area (Å²) in [5.41, 5.74) is 1.77. The Hall–Kier alpha value is -3.19. The van der Waals surface area contributed by atoms with Gasteiger partial charge >= 0.3 is 5.97 Å². The van der Waals surface area contributed by atoms with Crippen LogP contribution in [0.5, 0.6) is 5.75 Å². The molecule has 39 heavy (non-hydrogen) atoms. The van der Waals surface area contributed by atoms with E-state index in [0.29, 0.717) is 24.0 Å². The molecule has 1 aliphatic rings. The van der Waals surface area contributed by atoms with Crippen LogP contribution in [0, 0.1) is 11.8 Å². The molecule has 6 heteroatoms. The molecule has 0 saturated carbocycles. The molecule has 0 radical (unpaired) electrons. The zero-order valence-corrected chi connectivity index (χ0v) is 23.5. The first-order valence-corrected chi connectivity index (χ1v) is 13.6. The molecule has 0 spiro atoms. The van der Waals surface area contributed by atoms with E-state index in [-0.39, 0.29) is 18.1 Å². The second-order valence-corrected chi connectivity index (χ2v) is 10.4. The number of carbonyl (C=O) groups excluding carboxylic acids is 1. The van der Waals surface area contributed by atoms with Gasteiger partial charge in [0.25, 0.3) is 0 Å². The molecule has 0 saturated heterocycles. The zero-order valence-electron chi connectivity index (χ0n) is 23.5. The number of phenols is 1. The molecule has 0 bridgehead atoms. The highest BCUT2D eigenvalue weighted by atomic mass is 16.5. The molecule has 1 aliphatic heterocycles. The Morgan fingerprint density at radius 1 is 0.974 bits per heavy atom. The maximum absolute atomic E-state index is 12.9. The molecular formula is C33H44O6. The van der Waals surface area contributed by atoms with Gasteiger partial charge in [-0.1, -0.05) is 86.7 Å². The summed E-state index contributed by atoms with van der Waals surface area (Å²) in [5.74, 6) is -0.830. The van der Waals surface area contributed by atoms with Crippen molar-refractivity contribution in [1.29, 1.82) is 0 Å². The number of carbonyl (C=O) groups is 1. The van der Waals surface area contributed by atoms with Crippen LogP contribution in [-0.2, 0) is 9.53 Å². The highest BCUT2D eigenvalue weighted by molar-refractivity contribution is 5.88. The summed E-state index contributed by atoms with van der Waals surface area (Å²) in [6.07, 6.45) is 17.3. The first-order valence-electron chi connectivity index (χ1n) is 13.6. The first kappa shape index (κ1) is 32.0. The minimum absolute atomic E-state index is 0.0370.